The molecule has 1 aromatic heterocycles. The highest BCUT2D eigenvalue weighted by Gasteiger charge is 2.39. The molecule has 0 aromatic carbocycles. The van der Waals surface area contributed by atoms with Gasteiger partial charge in [0.2, 0.25) is 0 Å². The third kappa shape index (κ3) is 2.16. The maximum Gasteiger partial charge on any atom is 0.0857 e. The van der Waals surface area contributed by atoms with Crippen LogP contribution < -0.4 is 4.90 Å². The highest BCUT2D eigenvalue weighted by atomic mass is 16.5. The number of morpholine rings is 1. The Morgan fingerprint density at radius 3 is 2.94 bits per heavy atom. The first-order valence-corrected chi connectivity index (χ1v) is 6.59. The Bertz CT molecular complexity index is 399. The van der Waals surface area contributed by atoms with Crippen LogP contribution >= 0.6 is 0 Å². The Morgan fingerprint density at radius 1 is 1.35 bits per heavy atom. The molecule has 3 heteroatoms. The molecule has 1 aromatic rings. The van der Waals surface area contributed by atoms with Gasteiger partial charge in [0, 0.05) is 30.7 Å². The maximum atomic E-state index is 6.05. The van der Waals surface area contributed by atoms with Crippen molar-refractivity contribution < 1.29 is 4.74 Å². The quantitative estimate of drug-likeness (QED) is 0.744. The van der Waals surface area contributed by atoms with Gasteiger partial charge in [-0.25, -0.2) is 0 Å². The molecule has 0 atom stereocenters. The molecule has 1 saturated carbocycles. The van der Waals surface area contributed by atoms with E-state index >= 15 is 0 Å². The molecular formula is C14H20N2O. The lowest BCUT2D eigenvalue weighted by Crippen LogP contribution is -2.50. The standard InChI is InChI=1S/C14H20N2O/c1-12-10-13(4-7-15-12)16-8-9-17-14(11-16)5-2-3-6-14/h4,7,10H,2-3,5-6,8-9,11H2,1H3. The summed E-state index contributed by atoms with van der Waals surface area (Å²) in [7, 11) is 0. The summed E-state index contributed by atoms with van der Waals surface area (Å²) in [6, 6.07) is 4.29. The fourth-order valence-electron chi connectivity index (χ4n) is 3.11. The highest BCUT2D eigenvalue weighted by molar-refractivity contribution is 5.47. The van der Waals surface area contributed by atoms with Gasteiger partial charge in [-0.2, -0.15) is 0 Å². The number of nitrogens with zero attached hydrogens (tertiary/aromatic N) is 2. The lowest BCUT2D eigenvalue weighted by atomic mass is 9.99. The number of pyridine rings is 1. The first kappa shape index (κ1) is 11.0. The van der Waals surface area contributed by atoms with E-state index < -0.39 is 0 Å². The second kappa shape index (κ2) is 4.30. The Kier molecular flexibility index (Phi) is 2.79. The number of hydrogen-bond acceptors (Lipinski definition) is 3. The van der Waals surface area contributed by atoms with Crippen molar-refractivity contribution in [3.63, 3.8) is 0 Å². The van der Waals surface area contributed by atoms with Gasteiger partial charge in [-0.05, 0) is 31.9 Å². The van der Waals surface area contributed by atoms with Gasteiger partial charge in [0.15, 0.2) is 0 Å². The zero-order valence-corrected chi connectivity index (χ0v) is 10.5. The molecule has 1 spiro atoms. The fourth-order valence-corrected chi connectivity index (χ4v) is 3.11. The van der Waals surface area contributed by atoms with E-state index in [1.807, 2.05) is 6.20 Å². The minimum Gasteiger partial charge on any atom is -0.371 e. The van der Waals surface area contributed by atoms with E-state index in [0.717, 1.165) is 25.4 Å². The molecule has 0 N–H and O–H groups in total. The van der Waals surface area contributed by atoms with Crippen molar-refractivity contribution in [1.29, 1.82) is 0 Å². The monoisotopic (exact) mass is 232 g/mol. The fraction of sp³-hybridized carbons (Fsp3) is 0.643. The Labute approximate surface area is 103 Å². The van der Waals surface area contributed by atoms with Crippen LogP contribution in [0.25, 0.3) is 0 Å². The van der Waals surface area contributed by atoms with E-state index in [-0.39, 0.29) is 5.60 Å². The molecule has 2 fully saturated rings. The van der Waals surface area contributed by atoms with Crippen LogP contribution in [0.4, 0.5) is 5.69 Å². The summed E-state index contributed by atoms with van der Waals surface area (Å²) in [5, 5.41) is 0. The first-order valence-electron chi connectivity index (χ1n) is 6.59. The molecule has 1 aliphatic heterocycles. The molecule has 0 bridgehead atoms. The van der Waals surface area contributed by atoms with Gasteiger partial charge in [-0.3, -0.25) is 4.98 Å². The normalized spacial score (nSPS) is 23.2. The van der Waals surface area contributed by atoms with Crippen LogP contribution in [-0.2, 0) is 4.74 Å². The summed E-state index contributed by atoms with van der Waals surface area (Å²) < 4.78 is 6.05. The van der Waals surface area contributed by atoms with E-state index in [1.54, 1.807) is 0 Å². The number of aromatic nitrogens is 1. The molecule has 0 amide bonds. The van der Waals surface area contributed by atoms with Gasteiger partial charge < -0.3 is 9.64 Å². The Morgan fingerprint density at radius 2 is 2.18 bits per heavy atom. The van der Waals surface area contributed by atoms with Crippen LogP contribution in [0.2, 0.25) is 0 Å². The third-order valence-electron chi connectivity index (χ3n) is 4.01. The second-order valence-corrected chi connectivity index (χ2v) is 5.32. The van der Waals surface area contributed by atoms with Crippen LogP contribution in [-0.4, -0.2) is 30.3 Å². The summed E-state index contributed by atoms with van der Waals surface area (Å²) in [5.74, 6) is 0. The van der Waals surface area contributed by atoms with Crippen molar-refractivity contribution in [2.75, 3.05) is 24.6 Å². The van der Waals surface area contributed by atoms with Crippen molar-refractivity contribution in [1.82, 2.24) is 4.98 Å². The maximum absolute atomic E-state index is 6.05. The largest absolute Gasteiger partial charge is 0.371 e. The number of anilines is 1. The zero-order valence-electron chi connectivity index (χ0n) is 10.5. The number of rotatable bonds is 1. The van der Waals surface area contributed by atoms with Crippen LogP contribution in [0.15, 0.2) is 18.3 Å². The summed E-state index contributed by atoms with van der Waals surface area (Å²) in [6.45, 7) is 4.97. The first-order chi connectivity index (χ1) is 8.27. The van der Waals surface area contributed by atoms with Gasteiger partial charge in [0.1, 0.15) is 0 Å². The number of ether oxygens (including phenoxy) is 1. The smallest absolute Gasteiger partial charge is 0.0857 e. The minimum absolute atomic E-state index is 0.148. The van der Waals surface area contributed by atoms with Crippen molar-refractivity contribution in [2.24, 2.45) is 0 Å². The van der Waals surface area contributed by atoms with E-state index in [4.69, 9.17) is 4.74 Å². The van der Waals surface area contributed by atoms with Gasteiger partial charge >= 0.3 is 0 Å². The lowest BCUT2D eigenvalue weighted by molar-refractivity contribution is -0.0501. The minimum atomic E-state index is 0.148. The van der Waals surface area contributed by atoms with Gasteiger partial charge in [0.05, 0.1) is 12.2 Å². The lowest BCUT2D eigenvalue weighted by Gasteiger charge is -2.41. The molecule has 0 unspecified atom stereocenters. The number of aryl methyl sites for hydroxylation is 1. The molecule has 1 saturated heterocycles. The SMILES string of the molecule is Cc1cc(N2CCOC3(CCCC3)C2)ccn1. The van der Waals surface area contributed by atoms with Crippen molar-refractivity contribution >= 4 is 5.69 Å². The Balaban J connectivity index is 1.79. The zero-order chi connectivity index (χ0) is 11.7. The summed E-state index contributed by atoms with van der Waals surface area (Å²) in [4.78, 5) is 6.73. The van der Waals surface area contributed by atoms with Crippen molar-refractivity contribution in [2.45, 2.75) is 38.2 Å². The van der Waals surface area contributed by atoms with E-state index in [0.29, 0.717) is 0 Å². The predicted octanol–water partition coefficient (Wildman–Crippen LogP) is 2.54. The molecule has 92 valence electrons. The molecule has 3 rings (SSSR count). The van der Waals surface area contributed by atoms with Crippen molar-refractivity contribution in [3.05, 3.63) is 24.0 Å². The highest BCUT2D eigenvalue weighted by Crippen LogP contribution is 2.37. The molecule has 2 heterocycles. The van der Waals surface area contributed by atoms with Crippen molar-refractivity contribution in [3.8, 4) is 0 Å². The molecule has 1 aliphatic carbocycles. The molecule has 3 nitrogen and oxygen atoms in total. The molecule has 17 heavy (non-hydrogen) atoms. The summed E-state index contributed by atoms with van der Waals surface area (Å²) in [5.41, 5.74) is 2.54. The van der Waals surface area contributed by atoms with Crippen LogP contribution in [0.3, 0.4) is 0 Å². The molecule has 2 aliphatic rings. The number of hydrogen-bond donors (Lipinski definition) is 0. The Hall–Kier alpha value is -1.09. The van der Waals surface area contributed by atoms with Crippen LogP contribution in [0, 0.1) is 6.92 Å². The van der Waals surface area contributed by atoms with Gasteiger partial charge in [-0.15, -0.1) is 0 Å². The van der Waals surface area contributed by atoms with E-state index in [2.05, 4.69) is 28.9 Å². The van der Waals surface area contributed by atoms with Crippen LogP contribution in [0.5, 0.6) is 0 Å². The van der Waals surface area contributed by atoms with Gasteiger partial charge in [-0.1, -0.05) is 12.8 Å². The van der Waals surface area contributed by atoms with E-state index in [9.17, 15) is 0 Å². The molecule has 0 radical (unpaired) electrons. The molecular weight excluding hydrogens is 212 g/mol. The van der Waals surface area contributed by atoms with Crippen LogP contribution in [0.1, 0.15) is 31.4 Å². The van der Waals surface area contributed by atoms with E-state index in [1.165, 1.54) is 31.4 Å². The second-order valence-electron chi connectivity index (χ2n) is 5.32. The average Bonchev–Trinajstić information content (AvgIpc) is 2.77. The predicted molar refractivity (Wildman–Crippen MR) is 68.3 cm³/mol. The average molecular weight is 232 g/mol. The summed E-state index contributed by atoms with van der Waals surface area (Å²) in [6.07, 6.45) is 7.01. The summed E-state index contributed by atoms with van der Waals surface area (Å²) >= 11 is 0. The van der Waals surface area contributed by atoms with Gasteiger partial charge in [0.25, 0.3) is 0 Å². The third-order valence-corrected chi connectivity index (χ3v) is 4.01. The topological polar surface area (TPSA) is 25.4 Å².